The van der Waals surface area contributed by atoms with E-state index in [1.54, 1.807) is 12.1 Å². The maximum Gasteiger partial charge on any atom is 0.264 e. The fraction of sp³-hybridized carbons (Fsp3) is 0.259. The number of anilines is 1. The lowest BCUT2D eigenvalue weighted by Crippen LogP contribution is -2.50. The number of hydrogen-bond donors (Lipinski definition) is 1. The first-order valence-corrected chi connectivity index (χ1v) is 14.1. The summed E-state index contributed by atoms with van der Waals surface area (Å²) in [6.07, 6.45) is 0. The average molecular weight is 613 g/mol. The van der Waals surface area contributed by atoms with Gasteiger partial charge in [0.2, 0.25) is 11.8 Å². The number of carbonyl (C=O) groups is 2. The third-order valence-electron chi connectivity index (χ3n) is 6.11. The number of nitrogens with zero attached hydrogens (tertiary/aromatic N) is 2. The fourth-order valence-electron chi connectivity index (χ4n) is 3.87. The van der Waals surface area contributed by atoms with Crippen molar-refractivity contribution in [3.8, 4) is 11.5 Å². The molecule has 13 heteroatoms. The van der Waals surface area contributed by atoms with Crippen LogP contribution in [0.25, 0.3) is 0 Å². The lowest BCUT2D eigenvalue weighted by molar-refractivity contribution is -0.139. The van der Waals surface area contributed by atoms with Gasteiger partial charge in [0.25, 0.3) is 10.0 Å². The van der Waals surface area contributed by atoms with Crippen molar-refractivity contribution in [3.05, 3.63) is 82.1 Å². The van der Waals surface area contributed by atoms with Crippen LogP contribution >= 0.6 is 23.2 Å². The molecule has 9 nitrogen and oxygen atoms in total. The van der Waals surface area contributed by atoms with Gasteiger partial charge in [-0.15, -0.1) is 0 Å². The highest BCUT2D eigenvalue weighted by Gasteiger charge is 2.33. The van der Waals surface area contributed by atoms with Crippen molar-refractivity contribution in [2.45, 2.75) is 24.4 Å². The first kappa shape index (κ1) is 31.0. The van der Waals surface area contributed by atoms with Gasteiger partial charge in [-0.25, -0.2) is 12.8 Å². The minimum absolute atomic E-state index is 0.0293. The number of ether oxygens (including phenoxy) is 2. The average Bonchev–Trinajstić information content (AvgIpc) is 2.94. The smallest absolute Gasteiger partial charge is 0.264 e. The molecule has 3 aromatic carbocycles. The van der Waals surface area contributed by atoms with E-state index in [0.29, 0.717) is 16.3 Å². The van der Waals surface area contributed by atoms with E-state index in [0.717, 1.165) is 16.4 Å². The number of sulfonamides is 1. The number of hydrogen-bond acceptors (Lipinski definition) is 6. The minimum Gasteiger partial charge on any atom is -0.493 e. The van der Waals surface area contributed by atoms with Crippen molar-refractivity contribution in [2.75, 3.05) is 32.1 Å². The van der Waals surface area contributed by atoms with Crippen LogP contribution in [0, 0.1) is 5.82 Å². The number of methoxy groups -OCH3 is 2. The van der Waals surface area contributed by atoms with Crippen LogP contribution in [-0.2, 0) is 26.2 Å². The summed E-state index contributed by atoms with van der Waals surface area (Å²) in [7, 11) is -0.224. The van der Waals surface area contributed by atoms with Gasteiger partial charge in [0.1, 0.15) is 18.4 Å². The van der Waals surface area contributed by atoms with Crippen molar-refractivity contribution < 1.29 is 31.9 Å². The molecule has 1 N–H and O–H groups in total. The van der Waals surface area contributed by atoms with Gasteiger partial charge in [-0.05, 0) is 61.0 Å². The molecule has 0 aliphatic heterocycles. The second-order valence-corrected chi connectivity index (χ2v) is 11.3. The molecule has 0 saturated carbocycles. The van der Waals surface area contributed by atoms with Crippen LogP contribution in [0.1, 0.15) is 12.5 Å². The zero-order valence-corrected chi connectivity index (χ0v) is 24.5. The van der Waals surface area contributed by atoms with Crippen molar-refractivity contribution >= 4 is 50.7 Å². The molecule has 0 fully saturated rings. The second-order valence-electron chi connectivity index (χ2n) is 8.55. The lowest BCUT2D eigenvalue weighted by Gasteiger charge is -2.32. The maximum absolute atomic E-state index is 13.9. The zero-order valence-electron chi connectivity index (χ0n) is 22.2. The molecule has 0 aliphatic carbocycles. The number of likely N-dealkylation sites (N-methyl/N-ethyl adjacent to an activating group) is 1. The van der Waals surface area contributed by atoms with Gasteiger partial charge in [0.05, 0.1) is 24.8 Å². The molecule has 0 aliphatic rings. The number of nitrogens with one attached hydrogen (secondary N) is 1. The van der Waals surface area contributed by atoms with E-state index in [9.17, 15) is 22.4 Å². The summed E-state index contributed by atoms with van der Waals surface area (Å²) in [4.78, 5) is 27.4. The summed E-state index contributed by atoms with van der Waals surface area (Å²) in [6, 6.07) is 12.3. The van der Waals surface area contributed by atoms with Gasteiger partial charge >= 0.3 is 0 Å². The second kappa shape index (κ2) is 13.2. The number of benzene rings is 3. The van der Waals surface area contributed by atoms with E-state index in [-0.39, 0.29) is 27.9 Å². The van der Waals surface area contributed by atoms with Gasteiger partial charge < -0.3 is 19.7 Å². The number of carbonyl (C=O) groups excluding carboxylic acids is 2. The van der Waals surface area contributed by atoms with Crippen molar-refractivity contribution in [1.29, 1.82) is 0 Å². The van der Waals surface area contributed by atoms with Gasteiger partial charge in [0.15, 0.2) is 11.5 Å². The Morgan fingerprint density at radius 1 is 0.975 bits per heavy atom. The summed E-state index contributed by atoms with van der Waals surface area (Å²) < 4.78 is 52.8. The first-order valence-electron chi connectivity index (χ1n) is 11.9. The molecule has 214 valence electrons. The largest absolute Gasteiger partial charge is 0.493 e. The molecule has 3 aromatic rings. The Morgan fingerprint density at radius 2 is 1.62 bits per heavy atom. The molecule has 0 saturated heterocycles. The van der Waals surface area contributed by atoms with Gasteiger partial charge in [-0.2, -0.15) is 0 Å². The molecule has 0 unspecified atom stereocenters. The molecule has 3 rings (SSSR count). The standard InChI is InChI=1S/C27H28Cl2FN3O6S/c1-17(27(35)31-2)32(15-18-5-6-19(28)13-23(18)29)26(34)16-33(21-9-7-20(30)8-10-21)40(36,37)22-11-12-24(38-3)25(14-22)39-4/h5-14,17H,15-16H2,1-4H3,(H,31,35)/t17-/m0/s1. The Hall–Kier alpha value is -3.54. The SMILES string of the molecule is CNC(=O)[C@H](C)N(Cc1ccc(Cl)cc1Cl)C(=O)CN(c1ccc(F)cc1)S(=O)(=O)c1ccc(OC)c(OC)c1. The summed E-state index contributed by atoms with van der Waals surface area (Å²) in [5, 5.41) is 3.14. The van der Waals surface area contributed by atoms with Gasteiger partial charge in [0, 0.05) is 29.7 Å². The van der Waals surface area contributed by atoms with Crippen LogP contribution in [0.15, 0.2) is 65.6 Å². The van der Waals surface area contributed by atoms with E-state index >= 15 is 0 Å². The summed E-state index contributed by atoms with van der Waals surface area (Å²) >= 11 is 12.3. The van der Waals surface area contributed by atoms with Crippen LogP contribution in [0.3, 0.4) is 0 Å². The molecule has 1 atom stereocenters. The number of halogens is 3. The molecule has 0 aromatic heterocycles. The van der Waals surface area contributed by atoms with Gasteiger partial charge in [-0.3, -0.25) is 13.9 Å². The van der Waals surface area contributed by atoms with Crippen molar-refractivity contribution in [1.82, 2.24) is 10.2 Å². The Morgan fingerprint density at radius 3 is 2.20 bits per heavy atom. The number of amides is 2. The topological polar surface area (TPSA) is 105 Å². The van der Waals surface area contributed by atoms with Crippen LogP contribution < -0.4 is 19.1 Å². The molecule has 0 radical (unpaired) electrons. The highest BCUT2D eigenvalue weighted by molar-refractivity contribution is 7.92. The molecule has 2 amide bonds. The van der Waals surface area contributed by atoms with E-state index in [1.807, 2.05) is 0 Å². The molecular formula is C27H28Cl2FN3O6S. The number of rotatable bonds is 11. The van der Waals surface area contributed by atoms with Crippen LogP contribution in [-0.4, -0.2) is 59.0 Å². The van der Waals surface area contributed by atoms with Crippen LogP contribution in [0.2, 0.25) is 10.0 Å². The molecule has 0 heterocycles. The lowest BCUT2D eigenvalue weighted by atomic mass is 10.1. The zero-order chi connectivity index (χ0) is 29.6. The fourth-order valence-corrected chi connectivity index (χ4v) is 5.76. The van der Waals surface area contributed by atoms with E-state index in [2.05, 4.69) is 5.32 Å². The van der Waals surface area contributed by atoms with Crippen LogP contribution in [0.5, 0.6) is 11.5 Å². The van der Waals surface area contributed by atoms with E-state index < -0.39 is 40.2 Å². The molecule has 40 heavy (non-hydrogen) atoms. The molecule has 0 bridgehead atoms. The summed E-state index contributed by atoms with van der Waals surface area (Å²) in [6.45, 7) is 0.678. The normalized spacial score (nSPS) is 11.9. The van der Waals surface area contributed by atoms with E-state index in [4.69, 9.17) is 32.7 Å². The van der Waals surface area contributed by atoms with Gasteiger partial charge in [-0.1, -0.05) is 29.3 Å². The maximum atomic E-state index is 13.9. The predicted molar refractivity (Wildman–Crippen MR) is 151 cm³/mol. The first-order chi connectivity index (χ1) is 18.9. The van der Waals surface area contributed by atoms with Crippen molar-refractivity contribution in [3.63, 3.8) is 0 Å². The summed E-state index contributed by atoms with van der Waals surface area (Å²) in [5.41, 5.74) is 0.521. The highest BCUT2D eigenvalue weighted by atomic mass is 35.5. The predicted octanol–water partition coefficient (Wildman–Crippen LogP) is 4.51. The molecular weight excluding hydrogens is 584 g/mol. The highest BCUT2D eigenvalue weighted by Crippen LogP contribution is 2.32. The van der Waals surface area contributed by atoms with Crippen LogP contribution in [0.4, 0.5) is 10.1 Å². The molecule has 0 spiro atoms. The monoisotopic (exact) mass is 611 g/mol. The van der Waals surface area contributed by atoms with E-state index in [1.165, 1.54) is 69.5 Å². The Balaban J connectivity index is 2.08. The third-order valence-corrected chi connectivity index (χ3v) is 8.46. The summed E-state index contributed by atoms with van der Waals surface area (Å²) in [5.74, 6) is -1.33. The third kappa shape index (κ3) is 6.96. The Labute approximate surface area is 242 Å². The minimum atomic E-state index is -4.41. The Bertz CT molecular complexity index is 1490. The Kier molecular flexibility index (Phi) is 10.2. The van der Waals surface area contributed by atoms with Crippen molar-refractivity contribution in [2.24, 2.45) is 0 Å². The quantitative estimate of drug-likeness (QED) is 0.342.